The fourth-order valence-corrected chi connectivity index (χ4v) is 7.61. The minimum absolute atomic E-state index is 0.00250. The number of nitrogens with zero attached hydrogens (tertiary/aromatic N) is 3. The standard InChI is InChI=1S/C45H18B11N3O/c46-30-26(25-32(48)35(51)38(54)36(52)33(25)49)41-27(28-34(50)37(53)39(55)40(56)42(28)60-41)31(47)29(30)45-58-43(23-9-5-2-6-10-23)57-44(59-45)24-17-15-22(16-18-24)21-13-11-20(12-14-21)19-7-3-1-4-8-19/h1-18H. The van der Waals surface area contributed by atoms with E-state index in [9.17, 15) is 0 Å². The minimum atomic E-state index is -0.0179. The van der Waals surface area contributed by atoms with E-state index in [2.05, 4.69) is 36.4 Å². The van der Waals surface area contributed by atoms with Crippen molar-refractivity contribution < 1.29 is 4.42 Å². The summed E-state index contributed by atoms with van der Waals surface area (Å²) in [5.74, 6) is 0.785. The van der Waals surface area contributed by atoms with Crippen LogP contribution in [0.5, 0.6) is 0 Å². The maximum Gasteiger partial charge on any atom is 0.164 e. The Balaban J connectivity index is 1.30. The van der Waals surface area contributed by atoms with E-state index in [4.69, 9.17) is 106 Å². The predicted octanol–water partition coefficient (Wildman–Crippen LogP) is -1.50. The van der Waals surface area contributed by atoms with E-state index in [1.807, 2.05) is 72.8 Å². The third-order valence-corrected chi connectivity index (χ3v) is 10.9. The number of fused-ring (bicyclic) bond motifs is 3. The van der Waals surface area contributed by atoms with E-state index in [0.29, 0.717) is 22.8 Å². The largest absolute Gasteiger partial charge is 0.456 e. The highest BCUT2D eigenvalue weighted by atomic mass is 16.3. The average molecular weight is 736 g/mol. The summed E-state index contributed by atoms with van der Waals surface area (Å²) in [5.41, 5.74) is 6.56. The van der Waals surface area contributed by atoms with Crippen LogP contribution in [0, 0.1) is 0 Å². The molecule has 2 heterocycles. The molecule has 252 valence electrons. The summed E-state index contributed by atoms with van der Waals surface area (Å²) in [6.07, 6.45) is 0. The third-order valence-electron chi connectivity index (χ3n) is 10.9. The lowest BCUT2D eigenvalue weighted by atomic mass is 9.58. The molecule has 7 aromatic carbocycles. The highest BCUT2D eigenvalue weighted by Gasteiger charge is 2.28. The van der Waals surface area contributed by atoms with Crippen LogP contribution in [0.25, 0.3) is 89.5 Å². The quantitative estimate of drug-likeness (QED) is 0.196. The second-order valence-electron chi connectivity index (χ2n) is 14.4. The van der Waals surface area contributed by atoms with Gasteiger partial charge in [0.2, 0.25) is 0 Å². The van der Waals surface area contributed by atoms with Crippen LogP contribution in [0.4, 0.5) is 0 Å². The molecular weight excluding hydrogens is 717 g/mol. The van der Waals surface area contributed by atoms with Crippen molar-refractivity contribution in [2.75, 3.05) is 0 Å². The zero-order valence-electron chi connectivity index (χ0n) is 32.0. The molecule has 0 aliphatic heterocycles. The van der Waals surface area contributed by atoms with Crippen molar-refractivity contribution in [3.63, 3.8) is 0 Å². The van der Waals surface area contributed by atoms with Crippen LogP contribution in [0.2, 0.25) is 0 Å². The molecule has 0 saturated carbocycles. The Morgan fingerprint density at radius 2 is 0.633 bits per heavy atom. The molecule has 2 aromatic heterocycles. The number of hydrogen-bond donors (Lipinski definition) is 0. The van der Waals surface area contributed by atoms with Gasteiger partial charge in [0.25, 0.3) is 0 Å². The first kappa shape index (κ1) is 39.5. The van der Waals surface area contributed by atoms with Crippen molar-refractivity contribution in [2.45, 2.75) is 0 Å². The number of furan rings is 1. The normalized spacial score (nSPS) is 11.4. The first-order valence-corrected chi connectivity index (χ1v) is 18.6. The highest BCUT2D eigenvalue weighted by Crippen LogP contribution is 2.35. The van der Waals surface area contributed by atoms with E-state index in [-0.39, 0.29) is 105 Å². The number of benzene rings is 7. The Hall–Kier alpha value is -5.94. The highest BCUT2D eigenvalue weighted by molar-refractivity contribution is 6.71. The van der Waals surface area contributed by atoms with Gasteiger partial charge in [-0.25, -0.2) is 15.0 Å². The van der Waals surface area contributed by atoms with E-state index in [1.165, 1.54) is 0 Å². The minimum Gasteiger partial charge on any atom is -0.456 e. The van der Waals surface area contributed by atoms with Crippen molar-refractivity contribution in [1.29, 1.82) is 0 Å². The molecule has 9 rings (SSSR count). The molecule has 0 atom stereocenters. The van der Waals surface area contributed by atoms with Crippen molar-refractivity contribution in [3.05, 3.63) is 109 Å². The molecule has 22 radical (unpaired) electrons. The number of aromatic nitrogens is 3. The summed E-state index contributed by atoms with van der Waals surface area (Å²) >= 11 is 0. The Bertz CT molecular complexity index is 3170. The van der Waals surface area contributed by atoms with Gasteiger partial charge in [-0.2, -0.15) is 0 Å². The molecular formula is C45H18B11N3O. The van der Waals surface area contributed by atoms with E-state index in [0.717, 1.165) is 22.3 Å². The van der Waals surface area contributed by atoms with Gasteiger partial charge in [-0.1, -0.05) is 142 Å². The van der Waals surface area contributed by atoms with Crippen LogP contribution in [-0.4, -0.2) is 101 Å². The van der Waals surface area contributed by atoms with Gasteiger partial charge < -0.3 is 4.42 Å². The first-order valence-electron chi connectivity index (χ1n) is 18.6. The third kappa shape index (κ3) is 6.36. The molecule has 0 bridgehead atoms. The predicted molar refractivity (Wildman–Crippen MR) is 259 cm³/mol. The van der Waals surface area contributed by atoms with Crippen molar-refractivity contribution in [1.82, 2.24) is 15.0 Å². The van der Waals surface area contributed by atoms with Gasteiger partial charge in [0.05, 0.1) is 0 Å². The molecule has 0 saturated heterocycles. The van der Waals surface area contributed by atoms with Crippen molar-refractivity contribution >= 4 is 168 Å². The van der Waals surface area contributed by atoms with Crippen molar-refractivity contribution in [2.24, 2.45) is 0 Å². The maximum atomic E-state index is 7.18. The van der Waals surface area contributed by atoms with Crippen molar-refractivity contribution in [3.8, 4) is 67.5 Å². The molecule has 0 spiro atoms. The summed E-state index contributed by atoms with van der Waals surface area (Å²) in [7, 11) is 72.4. The van der Waals surface area contributed by atoms with Gasteiger partial charge in [-0.05, 0) is 27.8 Å². The zero-order valence-corrected chi connectivity index (χ0v) is 32.0. The Kier molecular flexibility index (Phi) is 10.1. The number of rotatable bonds is 6. The van der Waals surface area contributed by atoms with Crippen LogP contribution in [-0.2, 0) is 0 Å². The first-order chi connectivity index (χ1) is 28.8. The fraction of sp³-hybridized carbons (Fsp3) is 0. The van der Waals surface area contributed by atoms with E-state index < -0.39 is 0 Å². The molecule has 0 unspecified atom stereocenters. The molecule has 60 heavy (non-hydrogen) atoms. The Morgan fingerprint density at radius 3 is 1.15 bits per heavy atom. The van der Waals surface area contributed by atoms with Crippen LogP contribution >= 0.6 is 0 Å². The lowest BCUT2D eigenvalue weighted by Crippen LogP contribution is -2.55. The van der Waals surface area contributed by atoms with Crippen LogP contribution in [0.1, 0.15) is 0 Å². The average Bonchev–Trinajstić information content (AvgIpc) is 3.69. The zero-order chi connectivity index (χ0) is 42.1. The van der Waals surface area contributed by atoms with E-state index in [1.54, 1.807) is 0 Å². The van der Waals surface area contributed by atoms with Gasteiger partial charge in [0, 0.05) is 33.0 Å². The molecule has 0 N–H and O–H groups in total. The Morgan fingerprint density at radius 1 is 0.267 bits per heavy atom. The lowest BCUT2D eigenvalue weighted by molar-refractivity contribution is 0.673. The van der Waals surface area contributed by atoms with Gasteiger partial charge in [-0.15, -0.1) is 27.3 Å². The maximum absolute atomic E-state index is 7.18. The number of hydrogen-bond acceptors (Lipinski definition) is 4. The van der Waals surface area contributed by atoms with Gasteiger partial charge in [0.1, 0.15) is 97.5 Å². The fourth-order valence-electron chi connectivity index (χ4n) is 7.61. The summed E-state index contributed by atoms with van der Waals surface area (Å²) in [6, 6.07) is 35.9. The van der Waals surface area contributed by atoms with Gasteiger partial charge in [0.15, 0.2) is 17.5 Å². The summed E-state index contributed by atoms with van der Waals surface area (Å²) in [6.45, 7) is 0. The monoisotopic (exact) mass is 737 g/mol. The van der Waals surface area contributed by atoms with Crippen LogP contribution in [0.15, 0.2) is 114 Å². The van der Waals surface area contributed by atoms with Crippen LogP contribution in [0.3, 0.4) is 0 Å². The summed E-state index contributed by atoms with van der Waals surface area (Å²) in [4.78, 5) is 14.9. The summed E-state index contributed by atoms with van der Waals surface area (Å²) < 4.78 is 6.44. The lowest BCUT2D eigenvalue weighted by Gasteiger charge is -2.25. The molecule has 15 heteroatoms. The van der Waals surface area contributed by atoms with Gasteiger partial charge >= 0.3 is 0 Å². The molecule has 0 amide bonds. The molecule has 9 aromatic rings. The second kappa shape index (κ2) is 15.3. The molecule has 4 nitrogen and oxygen atoms in total. The SMILES string of the molecule is [B]c1c([B])c([B])c(-c2c([B])c(-c3nc(-c4ccccc4)nc(-c4ccc(-c5ccc(-c6ccccc6)cc5)cc4)n3)c([B])c3c2oc2c([B])c([B])c([B])c([B])c23)c([B])c1[B]. The smallest absolute Gasteiger partial charge is 0.164 e. The topological polar surface area (TPSA) is 51.8 Å². The van der Waals surface area contributed by atoms with Crippen LogP contribution < -0.4 is 60.1 Å². The molecule has 0 aliphatic carbocycles. The second-order valence-corrected chi connectivity index (χ2v) is 14.4. The Labute approximate surface area is 362 Å². The van der Waals surface area contributed by atoms with Gasteiger partial charge in [-0.3, -0.25) is 0 Å². The van der Waals surface area contributed by atoms with E-state index >= 15 is 0 Å². The molecule has 0 aliphatic rings. The molecule has 0 fully saturated rings. The summed E-state index contributed by atoms with van der Waals surface area (Å²) in [5, 5.41) is 0.534.